The highest BCUT2D eigenvalue weighted by atomic mass is 16.5. The maximum Gasteiger partial charge on any atom is 0.272 e. The summed E-state index contributed by atoms with van der Waals surface area (Å²) in [6, 6.07) is 0. The number of nitrogens with two attached hydrogens (primary N) is 2. The van der Waals surface area contributed by atoms with Gasteiger partial charge in [-0.15, -0.1) is 0 Å². The number of rotatable bonds is 8. The average Bonchev–Trinajstić information content (AvgIpc) is 2.45. The van der Waals surface area contributed by atoms with E-state index in [4.69, 9.17) is 16.3 Å². The van der Waals surface area contributed by atoms with Crippen LogP contribution in [0, 0.1) is 0 Å². The highest BCUT2D eigenvalue weighted by Gasteiger charge is 2.15. The number of amides is 2. The van der Waals surface area contributed by atoms with Gasteiger partial charge in [-0.1, -0.05) is 13.8 Å². The SMILES string of the molecule is CC(C)c1ncc(NN)c(C(=O)NCCOCC(N)=O)n1. The van der Waals surface area contributed by atoms with Crippen LogP contribution in [0.5, 0.6) is 0 Å². The largest absolute Gasteiger partial charge is 0.370 e. The average molecular weight is 296 g/mol. The molecule has 1 heterocycles. The minimum absolute atomic E-state index is 0.0854. The maximum absolute atomic E-state index is 12.1. The van der Waals surface area contributed by atoms with Gasteiger partial charge in [0.25, 0.3) is 5.91 Å². The van der Waals surface area contributed by atoms with Crippen molar-refractivity contribution in [2.45, 2.75) is 19.8 Å². The summed E-state index contributed by atoms with van der Waals surface area (Å²) < 4.78 is 4.94. The lowest BCUT2D eigenvalue weighted by atomic mass is 10.2. The quantitative estimate of drug-likeness (QED) is 0.277. The van der Waals surface area contributed by atoms with Gasteiger partial charge in [0.15, 0.2) is 5.69 Å². The van der Waals surface area contributed by atoms with E-state index in [-0.39, 0.29) is 31.4 Å². The van der Waals surface area contributed by atoms with Gasteiger partial charge in [0.1, 0.15) is 12.4 Å². The second-order valence-corrected chi connectivity index (χ2v) is 4.56. The Kier molecular flexibility index (Phi) is 6.50. The molecular formula is C12H20N6O3. The molecule has 21 heavy (non-hydrogen) atoms. The first-order valence-corrected chi connectivity index (χ1v) is 6.43. The molecule has 0 saturated carbocycles. The van der Waals surface area contributed by atoms with E-state index in [9.17, 15) is 9.59 Å². The Morgan fingerprint density at radius 1 is 1.43 bits per heavy atom. The van der Waals surface area contributed by atoms with Gasteiger partial charge in [0, 0.05) is 12.5 Å². The van der Waals surface area contributed by atoms with Crippen LogP contribution in [0.25, 0.3) is 0 Å². The molecule has 1 rings (SSSR count). The van der Waals surface area contributed by atoms with Crippen molar-refractivity contribution in [3.05, 3.63) is 17.7 Å². The fraction of sp³-hybridized carbons (Fsp3) is 0.500. The zero-order valence-corrected chi connectivity index (χ0v) is 12.0. The van der Waals surface area contributed by atoms with Crippen LogP contribution in [0.3, 0.4) is 0 Å². The second-order valence-electron chi connectivity index (χ2n) is 4.56. The van der Waals surface area contributed by atoms with Gasteiger partial charge in [0.2, 0.25) is 5.91 Å². The Hall–Kier alpha value is -2.26. The number of hydrogen-bond acceptors (Lipinski definition) is 7. The van der Waals surface area contributed by atoms with Crippen LogP contribution >= 0.6 is 0 Å². The highest BCUT2D eigenvalue weighted by Crippen LogP contribution is 2.15. The Bertz CT molecular complexity index is 506. The van der Waals surface area contributed by atoms with E-state index in [1.807, 2.05) is 13.8 Å². The first-order valence-electron chi connectivity index (χ1n) is 6.43. The molecule has 1 aromatic heterocycles. The molecule has 1 aromatic rings. The van der Waals surface area contributed by atoms with Gasteiger partial charge in [-0.25, -0.2) is 9.97 Å². The molecule has 0 aliphatic carbocycles. The molecule has 0 aromatic carbocycles. The van der Waals surface area contributed by atoms with E-state index in [1.165, 1.54) is 6.20 Å². The number of aromatic nitrogens is 2. The van der Waals surface area contributed by atoms with Crippen LogP contribution in [-0.2, 0) is 9.53 Å². The topological polar surface area (TPSA) is 145 Å². The van der Waals surface area contributed by atoms with Gasteiger partial charge in [0.05, 0.1) is 18.5 Å². The van der Waals surface area contributed by atoms with E-state index in [0.717, 1.165) is 0 Å². The van der Waals surface area contributed by atoms with Crippen molar-refractivity contribution < 1.29 is 14.3 Å². The van der Waals surface area contributed by atoms with Crippen LogP contribution in [-0.4, -0.2) is 41.5 Å². The number of ether oxygens (including phenoxy) is 1. The lowest BCUT2D eigenvalue weighted by Gasteiger charge is -2.11. The second kappa shape index (κ2) is 8.12. The van der Waals surface area contributed by atoms with Crippen molar-refractivity contribution in [1.82, 2.24) is 15.3 Å². The van der Waals surface area contributed by atoms with Crippen molar-refractivity contribution in [2.75, 3.05) is 25.2 Å². The number of anilines is 1. The summed E-state index contributed by atoms with van der Waals surface area (Å²) in [5, 5.41) is 2.61. The number of carbonyl (C=O) groups excluding carboxylic acids is 2. The highest BCUT2D eigenvalue weighted by molar-refractivity contribution is 5.97. The fourth-order valence-electron chi connectivity index (χ4n) is 1.45. The smallest absolute Gasteiger partial charge is 0.272 e. The Labute approximate surface area is 122 Å². The van der Waals surface area contributed by atoms with Gasteiger partial charge in [-0.2, -0.15) is 0 Å². The van der Waals surface area contributed by atoms with E-state index in [0.29, 0.717) is 11.5 Å². The van der Waals surface area contributed by atoms with Gasteiger partial charge < -0.3 is 21.2 Å². The molecule has 0 bridgehead atoms. The van der Waals surface area contributed by atoms with Gasteiger partial charge >= 0.3 is 0 Å². The van der Waals surface area contributed by atoms with Crippen molar-refractivity contribution in [3.63, 3.8) is 0 Å². The first-order chi connectivity index (χ1) is 9.95. The molecule has 9 heteroatoms. The van der Waals surface area contributed by atoms with Crippen molar-refractivity contribution in [2.24, 2.45) is 11.6 Å². The standard InChI is InChI=1S/C12H20N6O3/c1-7(2)11-16-5-8(18-14)10(17-11)12(20)15-3-4-21-6-9(13)19/h5,7,18H,3-4,6,14H2,1-2H3,(H2,13,19)(H,15,20). The minimum atomic E-state index is -0.562. The van der Waals surface area contributed by atoms with Crippen molar-refractivity contribution >= 4 is 17.5 Å². The number of carbonyl (C=O) groups is 2. The summed E-state index contributed by atoms with van der Waals surface area (Å²) in [5.41, 5.74) is 7.79. The number of nitrogens with one attached hydrogen (secondary N) is 2. The lowest BCUT2D eigenvalue weighted by Crippen LogP contribution is -2.31. The lowest BCUT2D eigenvalue weighted by molar-refractivity contribution is -0.122. The zero-order chi connectivity index (χ0) is 15.8. The Morgan fingerprint density at radius 3 is 2.71 bits per heavy atom. The first kappa shape index (κ1) is 16.8. The number of hydrazine groups is 1. The molecule has 0 radical (unpaired) electrons. The van der Waals surface area contributed by atoms with Gasteiger partial charge in [-0.3, -0.25) is 15.4 Å². The molecule has 0 aliphatic rings. The molecule has 2 amide bonds. The molecule has 6 N–H and O–H groups in total. The molecule has 9 nitrogen and oxygen atoms in total. The van der Waals surface area contributed by atoms with E-state index in [1.54, 1.807) is 0 Å². The zero-order valence-electron chi connectivity index (χ0n) is 12.0. The van der Waals surface area contributed by atoms with E-state index >= 15 is 0 Å². The predicted octanol–water partition coefficient (Wildman–Crippen LogP) is -0.883. The Balaban J connectivity index is 2.63. The molecule has 0 aliphatic heterocycles. The van der Waals surface area contributed by atoms with E-state index in [2.05, 4.69) is 20.7 Å². The van der Waals surface area contributed by atoms with Crippen LogP contribution < -0.4 is 22.3 Å². The normalized spacial score (nSPS) is 10.5. The molecule has 116 valence electrons. The van der Waals surface area contributed by atoms with Crippen LogP contribution in [0.15, 0.2) is 6.20 Å². The summed E-state index contributed by atoms with van der Waals surface area (Å²) in [4.78, 5) is 30.8. The summed E-state index contributed by atoms with van der Waals surface area (Å²) in [7, 11) is 0. The monoisotopic (exact) mass is 296 g/mol. The predicted molar refractivity (Wildman–Crippen MR) is 76.3 cm³/mol. The molecule has 0 unspecified atom stereocenters. The van der Waals surface area contributed by atoms with Crippen molar-refractivity contribution in [3.8, 4) is 0 Å². The van der Waals surface area contributed by atoms with E-state index < -0.39 is 11.8 Å². The molecule has 0 saturated heterocycles. The summed E-state index contributed by atoms with van der Waals surface area (Å²) in [5.74, 6) is 5.00. The number of hydrogen-bond donors (Lipinski definition) is 4. The third-order valence-corrected chi connectivity index (χ3v) is 2.47. The summed E-state index contributed by atoms with van der Waals surface area (Å²) in [6.45, 7) is 4.05. The van der Waals surface area contributed by atoms with Crippen LogP contribution in [0.4, 0.5) is 5.69 Å². The fourth-order valence-corrected chi connectivity index (χ4v) is 1.45. The maximum atomic E-state index is 12.1. The van der Waals surface area contributed by atoms with Gasteiger partial charge in [-0.05, 0) is 0 Å². The molecule has 0 atom stereocenters. The third kappa shape index (κ3) is 5.32. The molecule has 0 fully saturated rings. The minimum Gasteiger partial charge on any atom is -0.370 e. The third-order valence-electron chi connectivity index (χ3n) is 2.47. The van der Waals surface area contributed by atoms with Crippen LogP contribution in [0.2, 0.25) is 0 Å². The molecular weight excluding hydrogens is 276 g/mol. The number of nitrogens with zero attached hydrogens (tertiary/aromatic N) is 2. The number of nitrogen functional groups attached to an aromatic ring is 1. The van der Waals surface area contributed by atoms with Crippen molar-refractivity contribution in [1.29, 1.82) is 0 Å². The summed E-state index contributed by atoms with van der Waals surface area (Å²) >= 11 is 0. The Morgan fingerprint density at radius 2 is 2.14 bits per heavy atom. The number of primary amides is 1. The van der Waals surface area contributed by atoms with Crippen LogP contribution in [0.1, 0.15) is 36.1 Å². The summed E-state index contributed by atoms with van der Waals surface area (Å²) in [6.07, 6.45) is 1.46. The molecule has 0 spiro atoms.